The van der Waals surface area contributed by atoms with Gasteiger partial charge in [-0.05, 0) is 19.1 Å². The second-order valence-corrected chi connectivity index (χ2v) is 4.72. The van der Waals surface area contributed by atoms with Crippen LogP contribution in [0.25, 0.3) is 0 Å². The van der Waals surface area contributed by atoms with Crippen LogP contribution in [0.5, 0.6) is 5.75 Å². The molecule has 2 aromatic heterocycles. The van der Waals surface area contributed by atoms with Gasteiger partial charge in [-0.3, -0.25) is 4.79 Å². The largest absolute Gasteiger partial charge is 0.492 e. The number of carbonyl (C=O) groups is 1. The third-order valence-electron chi connectivity index (χ3n) is 2.68. The van der Waals surface area contributed by atoms with Crippen LogP contribution in [0.1, 0.15) is 23.0 Å². The maximum Gasteiger partial charge on any atom is 0.416 e. The molecule has 0 aliphatic rings. The smallest absolute Gasteiger partial charge is 0.416 e. The van der Waals surface area contributed by atoms with Gasteiger partial charge in [0.2, 0.25) is 0 Å². The van der Waals surface area contributed by atoms with Gasteiger partial charge in [-0.1, -0.05) is 11.6 Å². The van der Waals surface area contributed by atoms with E-state index in [1.807, 2.05) is 0 Å². The Balaban J connectivity index is 2.21. The average molecular weight is 346 g/mol. The molecular formula is C14H11ClF3N3O2. The number of anilines is 1. The molecule has 0 unspecified atom stereocenters. The molecule has 2 heterocycles. The predicted molar refractivity (Wildman–Crippen MR) is 77.6 cm³/mol. The SMILES string of the molecule is CCOc1cc(C(=O)Nc2cc(C(F)(F)F)ccn2)ncc1Cl. The Morgan fingerprint density at radius 2 is 2.09 bits per heavy atom. The number of nitrogens with zero attached hydrogens (tertiary/aromatic N) is 2. The van der Waals surface area contributed by atoms with Crippen LogP contribution < -0.4 is 10.1 Å². The fourth-order valence-electron chi connectivity index (χ4n) is 1.67. The molecule has 0 saturated carbocycles. The van der Waals surface area contributed by atoms with Gasteiger partial charge in [-0.2, -0.15) is 13.2 Å². The maximum atomic E-state index is 12.6. The Bertz CT molecular complexity index is 723. The van der Waals surface area contributed by atoms with Gasteiger partial charge in [0.1, 0.15) is 22.3 Å². The van der Waals surface area contributed by atoms with Gasteiger partial charge >= 0.3 is 6.18 Å². The first-order valence-electron chi connectivity index (χ1n) is 6.44. The molecule has 2 rings (SSSR count). The van der Waals surface area contributed by atoms with Gasteiger partial charge in [0.05, 0.1) is 18.4 Å². The number of halogens is 4. The molecule has 0 saturated heterocycles. The topological polar surface area (TPSA) is 64.1 Å². The van der Waals surface area contributed by atoms with Crippen molar-refractivity contribution in [3.63, 3.8) is 0 Å². The van der Waals surface area contributed by atoms with Crippen molar-refractivity contribution in [1.82, 2.24) is 9.97 Å². The lowest BCUT2D eigenvalue weighted by Crippen LogP contribution is -2.16. The van der Waals surface area contributed by atoms with Gasteiger partial charge in [0.25, 0.3) is 5.91 Å². The molecule has 23 heavy (non-hydrogen) atoms. The first kappa shape index (κ1) is 17.0. The second-order valence-electron chi connectivity index (χ2n) is 4.31. The molecule has 0 fully saturated rings. The summed E-state index contributed by atoms with van der Waals surface area (Å²) >= 11 is 5.85. The molecule has 9 heteroatoms. The minimum absolute atomic E-state index is 0.0583. The highest BCUT2D eigenvalue weighted by Crippen LogP contribution is 2.30. The number of ether oxygens (including phenoxy) is 1. The van der Waals surface area contributed by atoms with Crippen molar-refractivity contribution in [3.8, 4) is 5.75 Å². The summed E-state index contributed by atoms with van der Waals surface area (Å²) in [5.41, 5.74) is -0.973. The summed E-state index contributed by atoms with van der Waals surface area (Å²) in [7, 11) is 0. The van der Waals surface area contributed by atoms with Gasteiger partial charge in [0.15, 0.2) is 0 Å². The zero-order valence-electron chi connectivity index (χ0n) is 11.8. The fourth-order valence-corrected chi connectivity index (χ4v) is 1.82. The quantitative estimate of drug-likeness (QED) is 0.915. The molecule has 122 valence electrons. The Morgan fingerprint density at radius 3 is 2.74 bits per heavy atom. The van der Waals surface area contributed by atoms with E-state index >= 15 is 0 Å². The average Bonchev–Trinajstić information content (AvgIpc) is 2.49. The van der Waals surface area contributed by atoms with Crippen LogP contribution in [-0.4, -0.2) is 22.5 Å². The van der Waals surface area contributed by atoms with Gasteiger partial charge in [-0.25, -0.2) is 9.97 Å². The Morgan fingerprint density at radius 1 is 1.35 bits per heavy atom. The van der Waals surface area contributed by atoms with E-state index in [4.69, 9.17) is 16.3 Å². The molecule has 1 N–H and O–H groups in total. The summed E-state index contributed by atoms with van der Waals surface area (Å²) < 4.78 is 43.1. The number of hydrogen-bond donors (Lipinski definition) is 1. The maximum absolute atomic E-state index is 12.6. The number of hydrogen-bond acceptors (Lipinski definition) is 4. The van der Waals surface area contributed by atoms with Crippen LogP contribution in [0.4, 0.5) is 19.0 Å². The van der Waals surface area contributed by atoms with Crippen LogP contribution in [0.2, 0.25) is 5.02 Å². The summed E-state index contributed by atoms with van der Waals surface area (Å²) in [5, 5.41) is 2.47. The van der Waals surface area contributed by atoms with E-state index in [1.165, 1.54) is 12.3 Å². The Hall–Kier alpha value is -2.35. The number of aromatic nitrogens is 2. The van der Waals surface area contributed by atoms with Crippen molar-refractivity contribution < 1.29 is 22.7 Å². The van der Waals surface area contributed by atoms with Crippen LogP contribution in [0.15, 0.2) is 30.6 Å². The summed E-state index contributed by atoms with van der Waals surface area (Å²) in [4.78, 5) is 19.5. The minimum Gasteiger partial charge on any atom is -0.492 e. The van der Waals surface area contributed by atoms with Gasteiger partial charge in [-0.15, -0.1) is 0 Å². The molecule has 0 atom stereocenters. The number of amides is 1. The predicted octanol–water partition coefficient (Wildman–Crippen LogP) is 3.80. The molecule has 0 bridgehead atoms. The van der Waals surface area contributed by atoms with Crippen molar-refractivity contribution in [3.05, 3.63) is 46.9 Å². The molecule has 5 nitrogen and oxygen atoms in total. The van der Waals surface area contributed by atoms with Crippen molar-refractivity contribution in [2.45, 2.75) is 13.1 Å². The minimum atomic E-state index is -4.52. The normalized spacial score (nSPS) is 11.2. The molecule has 1 amide bonds. The Kier molecular flexibility index (Phi) is 5.05. The lowest BCUT2D eigenvalue weighted by Gasteiger charge is -2.10. The van der Waals surface area contributed by atoms with Crippen molar-refractivity contribution in [2.75, 3.05) is 11.9 Å². The van der Waals surface area contributed by atoms with E-state index in [2.05, 4.69) is 15.3 Å². The molecule has 0 spiro atoms. The second kappa shape index (κ2) is 6.82. The molecule has 0 aromatic carbocycles. The number of pyridine rings is 2. The lowest BCUT2D eigenvalue weighted by atomic mass is 10.2. The van der Waals surface area contributed by atoms with Crippen LogP contribution >= 0.6 is 11.6 Å². The monoisotopic (exact) mass is 345 g/mol. The highest BCUT2D eigenvalue weighted by molar-refractivity contribution is 6.32. The molecule has 0 aliphatic heterocycles. The number of carbonyl (C=O) groups excluding carboxylic acids is 1. The Labute approximate surface area is 134 Å². The van der Waals surface area contributed by atoms with E-state index in [1.54, 1.807) is 6.92 Å². The fraction of sp³-hybridized carbons (Fsp3) is 0.214. The number of alkyl halides is 3. The van der Waals surface area contributed by atoms with Crippen LogP contribution in [0.3, 0.4) is 0 Å². The van der Waals surface area contributed by atoms with Gasteiger partial charge < -0.3 is 10.1 Å². The molecule has 2 aromatic rings. The first-order chi connectivity index (χ1) is 10.8. The molecule has 0 radical (unpaired) electrons. The number of nitrogens with one attached hydrogen (secondary N) is 1. The van der Waals surface area contributed by atoms with E-state index < -0.39 is 17.6 Å². The summed E-state index contributed by atoms with van der Waals surface area (Å²) in [5.74, 6) is -0.708. The highest BCUT2D eigenvalue weighted by atomic mass is 35.5. The molecule has 0 aliphatic carbocycles. The van der Waals surface area contributed by atoms with Crippen molar-refractivity contribution in [1.29, 1.82) is 0 Å². The highest BCUT2D eigenvalue weighted by Gasteiger charge is 2.30. The van der Waals surface area contributed by atoms with Crippen molar-refractivity contribution >= 4 is 23.3 Å². The third kappa shape index (κ3) is 4.32. The molecular weight excluding hydrogens is 335 g/mol. The summed E-state index contributed by atoms with van der Waals surface area (Å²) in [6.45, 7) is 2.07. The standard InChI is InChI=1S/C14H11ClF3N3O2/c1-2-23-11-6-10(20-7-9(11)15)13(22)21-12-5-8(3-4-19-12)14(16,17)18/h3-7H,2H2,1H3,(H,19,21,22). The van der Waals surface area contributed by atoms with E-state index in [0.717, 1.165) is 18.3 Å². The van der Waals surface area contributed by atoms with E-state index in [9.17, 15) is 18.0 Å². The van der Waals surface area contributed by atoms with Crippen molar-refractivity contribution in [2.24, 2.45) is 0 Å². The first-order valence-corrected chi connectivity index (χ1v) is 6.82. The summed E-state index contributed by atoms with van der Waals surface area (Å²) in [6, 6.07) is 2.84. The third-order valence-corrected chi connectivity index (χ3v) is 2.97. The van der Waals surface area contributed by atoms with Crippen LogP contribution in [0, 0.1) is 0 Å². The lowest BCUT2D eigenvalue weighted by molar-refractivity contribution is -0.137. The summed E-state index contributed by atoms with van der Waals surface area (Å²) in [6.07, 6.45) is -2.34. The van der Waals surface area contributed by atoms with Crippen LogP contribution in [-0.2, 0) is 6.18 Å². The van der Waals surface area contributed by atoms with E-state index in [0.29, 0.717) is 6.61 Å². The zero-order valence-corrected chi connectivity index (χ0v) is 12.6. The number of rotatable bonds is 4. The zero-order chi connectivity index (χ0) is 17.0. The van der Waals surface area contributed by atoms with Gasteiger partial charge in [0, 0.05) is 12.3 Å². The van der Waals surface area contributed by atoms with E-state index in [-0.39, 0.29) is 22.3 Å².